The van der Waals surface area contributed by atoms with Gasteiger partial charge in [-0.3, -0.25) is 19.9 Å². The highest BCUT2D eigenvalue weighted by molar-refractivity contribution is 8.00. The van der Waals surface area contributed by atoms with Crippen molar-refractivity contribution in [2.45, 2.75) is 31.0 Å². The van der Waals surface area contributed by atoms with Crippen LogP contribution < -0.4 is 21.2 Å². The maximum atomic E-state index is 12.2. The zero-order chi connectivity index (χ0) is 15.9. The molecule has 1 aromatic rings. The number of thioether (sulfide) groups is 1. The molecule has 0 radical (unpaired) electrons. The van der Waals surface area contributed by atoms with E-state index in [1.807, 2.05) is 0 Å². The Morgan fingerprint density at radius 3 is 3.00 bits per heavy atom. The first-order valence-electron chi connectivity index (χ1n) is 6.47. The molecule has 8 nitrogen and oxygen atoms in total. The Kier molecular flexibility index (Phi) is 4.16. The second-order valence-corrected chi connectivity index (χ2v) is 6.74. The molecule has 118 valence electrons. The summed E-state index contributed by atoms with van der Waals surface area (Å²) in [7, 11) is 0. The SMILES string of the molecule is CC#CC(O)C1OC(n2c3c(sc2=O)C(=O)NC(N)N3)CS1. The van der Waals surface area contributed by atoms with E-state index in [0.717, 1.165) is 11.3 Å². The maximum Gasteiger partial charge on any atom is 0.311 e. The minimum atomic E-state index is -0.927. The number of carbonyl (C=O) groups is 1. The van der Waals surface area contributed by atoms with Gasteiger partial charge in [0.1, 0.15) is 28.5 Å². The van der Waals surface area contributed by atoms with Crippen molar-refractivity contribution in [3.05, 3.63) is 14.5 Å². The summed E-state index contributed by atoms with van der Waals surface area (Å²) in [5, 5.41) is 15.2. The summed E-state index contributed by atoms with van der Waals surface area (Å²) in [6, 6.07) is 0. The first kappa shape index (κ1) is 15.4. The van der Waals surface area contributed by atoms with Crippen molar-refractivity contribution >= 4 is 34.8 Å². The van der Waals surface area contributed by atoms with Crippen LogP contribution in [0, 0.1) is 11.8 Å². The molecule has 22 heavy (non-hydrogen) atoms. The van der Waals surface area contributed by atoms with E-state index in [4.69, 9.17) is 10.5 Å². The number of hydrogen-bond acceptors (Lipinski definition) is 8. The average Bonchev–Trinajstić information content (AvgIpc) is 3.03. The predicted molar refractivity (Wildman–Crippen MR) is 83.5 cm³/mol. The molecule has 10 heteroatoms. The number of fused-ring (bicyclic) bond motifs is 1. The van der Waals surface area contributed by atoms with Gasteiger partial charge in [0.15, 0.2) is 6.29 Å². The minimum absolute atomic E-state index is 0.276. The Balaban J connectivity index is 1.89. The predicted octanol–water partition coefficient (Wildman–Crippen LogP) is -0.720. The van der Waals surface area contributed by atoms with Gasteiger partial charge < -0.3 is 20.5 Å². The molecule has 5 N–H and O–H groups in total. The molecule has 1 saturated heterocycles. The van der Waals surface area contributed by atoms with Gasteiger partial charge in [0.2, 0.25) is 0 Å². The van der Waals surface area contributed by atoms with Gasteiger partial charge in [0.05, 0.1) is 0 Å². The Labute approximate surface area is 134 Å². The standard InChI is InChI=1S/C12H14N4O4S2/c1-2-3-5(17)10-20-6(4-21-10)16-8-7(22-12(16)19)9(18)15-11(13)14-8/h5-6,10-11,14,17H,4,13H2,1H3,(H,15,18). The van der Waals surface area contributed by atoms with E-state index in [-0.39, 0.29) is 15.7 Å². The van der Waals surface area contributed by atoms with E-state index in [0.29, 0.717) is 11.6 Å². The number of aromatic nitrogens is 1. The third kappa shape index (κ3) is 2.62. The van der Waals surface area contributed by atoms with Crippen molar-refractivity contribution in [2.24, 2.45) is 5.73 Å². The molecule has 1 fully saturated rings. The Morgan fingerprint density at radius 1 is 1.50 bits per heavy atom. The van der Waals surface area contributed by atoms with Gasteiger partial charge in [-0.25, -0.2) is 0 Å². The van der Waals surface area contributed by atoms with Crippen LogP contribution in [0.5, 0.6) is 0 Å². The monoisotopic (exact) mass is 342 g/mol. The molecule has 0 saturated carbocycles. The van der Waals surface area contributed by atoms with Crippen molar-refractivity contribution in [2.75, 3.05) is 11.1 Å². The lowest BCUT2D eigenvalue weighted by molar-refractivity contribution is -0.0214. The third-order valence-corrected chi connectivity index (χ3v) is 5.29. The molecule has 0 aromatic carbocycles. The van der Waals surface area contributed by atoms with Gasteiger partial charge in [-0.1, -0.05) is 17.3 Å². The summed E-state index contributed by atoms with van der Waals surface area (Å²) >= 11 is 2.20. The molecular weight excluding hydrogens is 328 g/mol. The van der Waals surface area contributed by atoms with Crippen LogP contribution in [-0.2, 0) is 4.74 Å². The Bertz CT molecular complexity index is 719. The fourth-order valence-electron chi connectivity index (χ4n) is 2.25. The number of nitrogens with zero attached hydrogens (tertiary/aromatic N) is 1. The highest BCUT2D eigenvalue weighted by Crippen LogP contribution is 2.36. The molecule has 1 amide bonds. The van der Waals surface area contributed by atoms with Crippen LogP contribution in [0.15, 0.2) is 4.79 Å². The van der Waals surface area contributed by atoms with E-state index < -0.39 is 24.1 Å². The number of hydrogen-bond donors (Lipinski definition) is 4. The maximum absolute atomic E-state index is 12.2. The van der Waals surface area contributed by atoms with Crippen LogP contribution in [0.1, 0.15) is 22.8 Å². The van der Waals surface area contributed by atoms with E-state index in [9.17, 15) is 14.7 Å². The molecule has 3 rings (SSSR count). The van der Waals surface area contributed by atoms with Crippen LogP contribution in [0.3, 0.4) is 0 Å². The van der Waals surface area contributed by atoms with E-state index >= 15 is 0 Å². The smallest absolute Gasteiger partial charge is 0.311 e. The van der Waals surface area contributed by atoms with Crippen molar-refractivity contribution in [3.8, 4) is 11.8 Å². The third-order valence-electron chi connectivity index (χ3n) is 3.16. The zero-order valence-electron chi connectivity index (χ0n) is 11.5. The van der Waals surface area contributed by atoms with Gasteiger partial charge in [0.25, 0.3) is 5.91 Å². The summed E-state index contributed by atoms with van der Waals surface area (Å²) in [4.78, 5) is 24.0. The van der Waals surface area contributed by atoms with Crippen molar-refractivity contribution in [1.82, 2.24) is 9.88 Å². The lowest BCUT2D eigenvalue weighted by Gasteiger charge is -2.24. The number of thiazole rings is 1. The molecule has 0 spiro atoms. The molecule has 3 heterocycles. The molecule has 1 aromatic heterocycles. The summed E-state index contributed by atoms with van der Waals surface area (Å²) in [5.74, 6) is 5.68. The Morgan fingerprint density at radius 2 is 2.27 bits per heavy atom. The number of nitrogens with two attached hydrogens (primary N) is 1. The summed E-state index contributed by atoms with van der Waals surface area (Å²) in [6.45, 7) is 1.63. The molecule has 2 aliphatic heterocycles. The first-order chi connectivity index (χ1) is 10.5. The highest BCUT2D eigenvalue weighted by atomic mass is 32.2. The van der Waals surface area contributed by atoms with Gasteiger partial charge in [-0.15, -0.1) is 17.7 Å². The van der Waals surface area contributed by atoms with E-state index in [1.54, 1.807) is 6.92 Å². The zero-order valence-corrected chi connectivity index (χ0v) is 13.2. The van der Waals surface area contributed by atoms with E-state index in [1.165, 1.54) is 16.3 Å². The van der Waals surface area contributed by atoms with Crippen molar-refractivity contribution < 1.29 is 14.6 Å². The van der Waals surface area contributed by atoms with Crippen LogP contribution in [0.25, 0.3) is 0 Å². The van der Waals surface area contributed by atoms with Crippen LogP contribution >= 0.6 is 23.1 Å². The normalized spacial score (nSPS) is 28.1. The fraction of sp³-hybridized carbons (Fsp3) is 0.500. The number of aliphatic hydroxyl groups is 1. The lowest BCUT2D eigenvalue weighted by Crippen LogP contribution is -2.51. The second kappa shape index (κ2) is 5.94. The van der Waals surface area contributed by atoms with Gasteiger partial charge >= 0.3 is 4.87 Å². The molecule has 4 atom stereocenters. The van der Waals surface area contributed by atoms with Crippen LogP contribution in [-0.4, -0.2) is 39.2 Å². The van der Waals surface area contributed by atoms with Gasteiger partial charge in [-0.05, 0) is 6.92 Å². The summed E-state index contributed by atoms with van der Waals surface area (Å²) in [6.07, 6.45) is -2.27. The number of anilines is 1. The summed E-state index contributed by atoms with van der Waals surface area (Å²) < 4.78 is 7.08. The number of ether oxygens (including phenoxy) is 1. The number of rotatable bonds is 2. The average molecular weight is 342 g/mol. The molecule has 0 bridgehead atoms. The largest absolute Gasteiger partial charge is 0.377 e. The number of aliphatic hydroxyl groups excluding tert-OH is 1. The molecule has 4 unspecified atom stereocenters. The topological polar surface area (TPSA) is 119 Å². The fourth-order valence-corrected chi connectivity index (χ4v) is 4.18. The van der Waals surface area contributed by atoms with Crippen LogP contribution in [0.4, 0.5) is 5.82 Å². The van der Waals surface area contributed by atoms with Gasteiger partial charge in [-0.2, -0.15) is 0 Å². The molecular formula is C12H14N4O4S2. The van der Waals surface area contributed by atoms with Gasteiger partial charge in [0, 0.05) is 5.75 Å². The molecule has 2 aliphatic rings. The number of carbonyl (C=O) groups excluding carboxylic acids is 1. The first-order valence-corrected chi connectivity index (χ1v) is 8.33. The lowest BCUT2D eigenvalue weighted by atomic mass is 10.3. The van der Waals surface area contributed by atoms with Crippen LogP contribution in [0.2, 0.25) is 0 Å². The van der Waals surface area contributed by atoms with E-state index in [2.05, 4.69) is 22.5 Å². The highest BCUT2D eigenvalue weighted by Gasteiger charge is 2.37. The van der Waals surface area contributed by atoms with Crippen molar-refractivity contribution in [1.29, 1.82) is 0 Å². The summed E-state index contributed by atoms with van der Waals surface area (Å²) in [5.41, 5.74) is 5.14. The second-order valence-electron chi connectivity index (χ2n) is 4.64. The van der Waals surface area contributed by atoms with Crippen molar-refractivity contribution in [3.63, 3.8) is 0 Å². The Hall–Kier alpha value is -1.51. The number of amides is 1. The molecule has 0 aliphatic carbocycles. The number of nitrogens with one attached hydrogen (secondary N) is 2. The minimum Gasteiger partial charge on any atom is -0.377 e. The quantitative estimate of drug-likeness (QED) is 0.524.